The lowest BCUT2D eigenvalue weighted by atomic mass is 9.98. The van der Waals surface area contributed by atoms with Crippen LogP contribution in [0.5, 0.6) is 5.75 Å². The molecule has 3 aromatic rings. The van der Waals surface area contributed by atoms with Crippen LogP contribution in [0.3, 0.4) is 0 Å². The minimum Gasteiger partial charge on any atom is -0.433 e. The van der Waals surface area contributed by atoms with E-state index in [2.05, 4.69) is 10.1 Å². The summed E-state index contributed by atoms with van der Waals surface area (Å²) in [6, 6.07) is 25.4. The van der Waals surface area contributed by atoms with Crippen LogP contribution in [0.15, 0.2) is 84.9 Å². The zero-order valence-electron chi connectivity index (χ0n) is 16.0. The molecule has 0 aliphatic heterocycles. The largest absolute Gasteiger partial charge is 0.433 e. The van der Waals surface area contributed by atoms with Crippen LogP contribution in [-0.2, 0) is 4.79 Å². The zero-order valence-corrected chi connectivity index (χ0v) is 16.0. The van der Waals surface area contributed by atoms with Crippen molar-refractivity contribution in [2.45, 2.75) is 25.6 Å². The Balaban J connectivity index is 1.77. The van der Waals surface area contributed by atoms with Gasteiger partial charge < -0.3 is 15.4 Å². The molecule has 0 aliphatic carbocycles. The van der Waals surface area contributed by atoms with Gasteiger partial charge in [-0.25, -0.2) is 0 Å². The van der Waals surface area contributed by atoms with Gasteiger partial charge in [0, 0.05) is 11.1 Å². The molecule has 0 fully saturated rings. The van der Waals surface area contributed by atoms with Gasteiger partial charge in [0.25, 0.3) is 5.91 Å². The Kier molecular flexibility index (Phi) is 6.92. The summed E-state index contributed by atoms with van der Waals surface area (Å²) < 4.78 is 29.7. The number of carbonyl (C=O) groups is 1. The number of carbonyl (C=O) groups excluding carboxylic acids is 1. The highest BCUT2D eigenvalue weighted by Crippen LogP contribution is 2.25. The fraction of sp³-hybridized carbons (Fsp3) is 0.174. The summed E-state index contributed by atoms with van der Waals surface area (Å²) in [5.41, 5.74) is 2.36. The van der Waals surface area contributed by atoms with Crippen molar-refractivity contribution < 1.29 is 23.6 Å². The van der Waals surface area contributed by atoms with Crippen LogP contribution in [0, 0.1) is 0 Å². The molecule has 1 atom stereocenters. The highest BCUT2D eigenvalue weighted by Gasteiger charge is 2.25. The Morgan fingerprint density at radius 1 is 0.862 bits per heavy atom. The second-order valence-corrected chi connectivity index (χ2v) is 6.64. The number of hydrogen-bond donors (Lipinski definition) is 2. The number of rotatable bonds is 8. The molecule has 150 valence electrons. The Hall–Kier alpha value is -3.25. The van der Waals surface area contributed by atoms with E-state index >= 15 is 0 Å². The SMILES string of the molecule is C[C@@H]([NH2+]C(c1ccccc1)c1ccccc1)C(=O)Nc1ccccc1OC(F)F. The normalized spacial score (nSPS) is 12.0. The van der Waals surface area contributed by atoms with Crippen LogP contribution in [0.25, 0.3) is 0 Å². The lowest BCUT2D eigenvalue weighted by molar-refractivity contribution is -0.704. The van der Waals surface area contributed by atoms with Crippen LogP contribution in [0.1, 0.15) is 24.1 Å². The second kappa shape index (κ2) is 9.80. The van der Waals surface area contributed by atoms with Crippen molar-refractivity contribution in [3.8, 4) is 5.75 Å². The number of nitrogens with two attached hydrogens (primary N) is 1. The average molecular weight is 397 g/mol. The van der Waals surface area contributed by atoms with Crippen LogP contribution in [0.2, 0.25) is 0 Å². The summed E-state index contributed by atoms with van der Waals surface area (Å²) in [5.74, 6) is -0.363. The van der Waals surface area contributed by atoms with Crippen LogP contribution < -0.4 is 15.4 Å². The van der Waals surface area contributed by atoms with Gasteiger partial charge in [0.05, 0.1) is 5.69 Å². The van der Waals surface area contributed by atoms with Gasteiger partial charge in [0.2, 0.25) is 0 Å². The van der Waals surface area contributed by atoms with E-state index in [4.69, 9.17) is 0 Å². The monoisotopic (exact) mass is 397 g/mol. The summed E-state index contributed by atoms with van der Waals surface area (Å²) in [6.07, 6.45) is 0. The average Bonchev–Trinajstić information content (AvgIpc) is 2.74. The third-order valence-electron chi connectivity index (χ3n) is 4.57. The van der Waals surface area contributed by atoms with Gasteiger partial charge in [-0.2, -0.15) is 8.78 Å². The molecule has 0 aliphatic rings. The second-order valence-electron chi connectivity index (χ2n) is 6.64. The Bertz CT molecular complexity index is 881. The molecule has 4 nitrogen and oxygen atoms in total. The van der Waals surface area contributed by atoms with E-state index in [0.717, 1.165) is 11.1 Å². The van der Waals surface area contributed by atoms with Gasteiger partial charge in [-0.3, -0.25) is 4.79 Å². The molecule has 3 rings (SSSR count). The maximum atomic E-state index is 12.8. The minimum absolute atomic E-state index is 0.0641. The smallest absolute Gasteiger partial charge is 0.387 e. The lowest BCUT2D eigenvalue weighted by Crippen LogP contribution is -2.92. The number of anilines is 1. The fourth-order valence-corrected chi connectivity index (χ4v) is 3.13. The van der Waals surface area contributed by atoms with Crippen molar-refractivity contribution in [2.24, 2.45) is 0 Å². The van der Waals surface area contributed by atoms with Crippen molar-refractivity contribution >= 4 is 11.6 Å². The molecule has 0 aromatic heterocycles. The van der Waals surface area contributed by atoms with Gasteiger partial charge in [0.1, 0.15) is 11.8 Å². The highest BCUT2D eigenvalue weighted by molar-refractivity contribution is 5.94. The van der Waals surface area contributed by atoms with Crippen LogP contribution in [0.4, 0.5) is 14.5 Å². The van der Waals surface area contributed by atoms with Crippen LogP contribution in [-0.4, -0.2) is 18.6 Å². The van der Waals surface area contributed by atoms with Crippen molar-refractivity contribution in [3.05, 3.63) is 96.1 Å². The van der Waals surface area contributed by atoms with E-state index in [1.54, 1.807) is 19.1 Å². The predicted molar refractivity (Wildman–Crippen MR) is 108 cm³/mol. The lowest BCUT2D eigenvalue weighted by Gasteiger charge is -2.21. The maximum absolute atomic E-state index is 12.8. The van der Waals surface area contributed by atoms with Gasteiger partial charge in [-0.15, -0.1) is 0 Å². The molecule has 6 heteroatoms. The first-order valence-corrected chi connectivity index (χ1v) is 9.34. The van der Waals surface area contributed by atoms with Crippen molar-refractivity contribution in [1.82, 2.24) is 0 Å². The first kappa shape index (κ1) is 20.5. The first-order chi connectivity index (χ1) is 14.0. The summed E-state index contributed by atoms with van der Waals surface area (Å²) >= 11 is 0. The molecule has 0 saturated carbocycles. The maximum Gasteiger partial charge on any atom is 0.387 e. The topological polar surface area (TPSA) is 54.9 Å². The number of nitrogens with one attached hydrogen (secondary N) is 1. The first-order valence-electron chi connectivity index (χ1n) is 9.34. The van der Waals surface area contributed by atoms with E-state index < -0.39 is 12.7 Å². The highest BCUT2D eigenvalue weighted by atomic mass is 19.3. The number of para-hydroxylation sites is 2. The van der Waals surface area contributed by atoms with Crippen molar-refractivity contribution in [2.75, 3.05) is 5.32 Å². The Labute approximate surface area is 168 Å². The summed E-state index contributed by atoms with van der Waals surface area (Å²) in [6.45, 7) is -1.18. The van der Waals surface area contributed by atoms with Gasteiger partial charge >= 0.3 is 6.61 Å². The van der Waals surface area contributed by atoms with Crippen molar-refractivity contribution in [3.63, 3.8) is 0 Å². The number of hydrogen-bond acceptors (Lipinski definition) is 2. The fourth-order valence-electron chi connectivity index (χ4n) is 3.13. The summed E-state index contributed by atoms with van der Waals surface area (Å²) in [7, 11) is 0. The third-order valence-corrected chi connectivity index (χ3v) is 4.57. The summed E-state index contributed by atoms with van der Waals surface area (Å²) in [5, 5.41) is 4.65. The Morgan fingerprint density at radius 2 is 1.38 bits per heavy atom. The number of alkyl halides is 2. The molecule has 3 N–H and O–H groups in total. The van der Waals surface area contributed by atoms with E-state index in [0.29, 0.717) is 0 Å². The van der Waals surface area contributed by atoms with Gasteiger partial charge in [0.15, 0.2) is 6.04 Å². The molecule has 29 heavy (non-hydrogen) atoms. The van der Waals surface area contributed by atoms with Crippen LogP contribution >= 0.6 is 0 Å². The third kappa shape index (κ3) is 5.62. The van der Waals surface area contributed by atoms with Gasteiger partial charge in [-0.05, 0) is 19.1 Å². The molecule has 0 saturated heterocycles. The molecule has 0 radical (unpaired) electrons. The quantitative estimate of drug-likeness (QED) is 0.604. The molecule has 3 aromatic carbocycles. The van der Waals surface area contributed by atoms with Gasteiger partial charge in [-0.1, -0.05) is 72.8 Å². The number of benzene rings is 3. The number of halogens is 2. The Morgan fingerprint density at radius 3 is 1.93 bits per heavy atom. The number of ether oxygens (including phenoxy) is 1. The van der Waals surface area contributed by atoms with Crippen molar-refractivity contribution in [1.29, 1.82) is 0 Å². The molecule has 0 spiro atoms. The predicted octanol–water partition coefficient (Wildman–Crippen LogP) is 3.97. The zero-order chi connectivity index (χ0) is 20.6. The number of amides is 1. The van der Waals surface area contributed by atoms with E-state index in [1.807, 2.05) is 66.0 Å². The van der Waals surface area contributed by atoms with E-state index in [-0.39, 0.29) is 23.4 Å². The van der Waals surface area contributed by atoms with E-state index in [1.165, 1.54) is 12.1 Å². The molecule has 0 unspecified atom stereocenters. The molecular weight excluding hydrogens is 374 g/mol. The van der Waals surface area contributed by atoms with E-state index in [9.17, 15) is 13.6 Å². The number of quaternary nitrogens is 1. The molecular formula is C23H23F2N2O2+. The molecule has 1 amide bonds. The standard InChI is InChI=1S/C23H22F2N2O2/c1-16(22(28)27-19-14-8-9-15-20(19)29-23(24)25)26-21(17-10-4-2-5-11-17)18-12-6-3-7-13-18/h2-16,21,23,26H,1H3,(H,27,28)/p+1/t16-/m1/s1. The molecule has 0 heterocycles. The molecule has 0 bridgehead atoms. The minimum atomic E-state index is -2.96. The summed E-state index contributed by atoms with van der Waals surface area (Å²) in [4.78, 5) is 12.8.